The zero-order valence-electron chi connectivity index (χ0n) is 17.6. The molecule has 0 bridgehead atoms. The van der Waals surface area contributed by atoms with Gasteiger partial charge in [0.2, 0.25) is 0 Å². The highest BCUT2D eigenvalue weighted by atomic mass is 19.1. The molecular formula is C24H26FNO5. The Kier molecular flexibility index (Phi) is 7.41. The standard InChI is InChI=1S/C24H26FNO5/c1-3-14-31-17-11-9-16(10-12-17)22(27)20-21(18-7-4-5-8-19(18)25)26(13-6-15-30-2)24(29)23(20)28/h4-5,7-12,21,27H,3,6,13-15H2,1-2H3/b22-20-. The van der Waals surface area contributed by atoms with Gasteiger partial charge in [0.1, 0.15) is 17.3 Å². The number of ether oxygens (including phenoxy) is 2. The van der Waals surface area contributed by atoms with Gasteiger partial charge in [-0.25, -0.2) is 4.39 Å². The normalized spacial score (nSPS) is 17.9. The van der Waals surface area contributed by atoms with Crippen LogP contribution in [0.3, 0.4) is 0 Å². The lowest BCUT2D eigenvalue weighted by molar-refractivity contribution is -0.140. The third kappa shape index (κ3) is 4.77. The first-order valence-electron chi connectivity index (χ1n) is 10.2. The average Bonchev–Trinajstić information content (AvgIpc) is 3.03. The van der Waals surface area contributed by atoms with E-state index >= 15 is 0 Å². The molecule has 0 aliphatic carbocycles. The maximum absolute atomic E-state index is 14.7. The number of hydrogen-bond acceptors (Lipinski definition) is 5. The van der Waals surface area contributed by atoms with E-state index < -0.39 is 23.5 Å². The molecule has 1 heterocycles. The molecule has 3 rings (SSSR count). The Hall–Kier alpha value is -3.19. The first-order chi connectivity index (χ1) is 15.0. The number of benzene rings is 2. The molecule has 0 saturated carbocycles. The highest BCUT2D eigenvalue weighted by Crippen LogP contribution is 2.40. The largest absolute Gasteiger partial charge is 0.507 e. The number of Topliss-reactive ketones (excluding diaryl/α,β-unsaturated/α-hetero) is 1. The van der Waals surface area contributed by atoms with Gasteiger partial charge in [-0.15, -0.1) is 0 Å². The van der Waals surface area contributed by atoms with Gasteiger partial charge in [-0.1, -0.05) is 25.1 Å². The van der Waals surface area contributed by atoms with E-state index in [1.807, 2.05) is 6.92 Å². The van der Waals surface area contributed by atoms with Crippen molar-refractivity contribution < 1.29 is 28.6 Å². The van der Waals surface area contributed by atoms with Gasteiger partial charge in [0.15, 0.2) is 0 Å². The van der Waals surface area contributed by atoms with Gasteiger partial charge >= 0.3 is 0 Å². The van der Waals surface area contributed by atoms with Gasteiger partial charge in [0.25, 0.3) is 11.7 Å². The molecule has 31 heavy (non-hydrogen) atoms. The molecule has 1 atom stereocenters. The number of rotatable bonds is 9. The molecule has 6 nitrogen and oxygen atoms in total. The molecule has 2 aromatic rings. The number of halogens is 1. The van der Waals surface area contributed by atoms with Crippen molar-refractivity contribution >= 4 is 17.4 Å². The van der Waals surface area contributed by atoms with Gasteiger partial charge in [-0.3, -0.25) is 9.59 Å². The topological polar surface area (TPSA) is 76.1 Å². The van der Waals surface area contributed by atoms with Crippen LogP contribution in [0.1, 0.15) is 36.9 Å². The van der Waals surface area contributed by atoms with E-state index in [0.717, 1.165) is 6.42 Å². The second-order valence-electron chi connectivity index (χ2n) is 7.23. The first-order valence-corrected chi connectivity index (χ1v) is 10.2. The minimum absolute atomic E-state index is 0.130. The van der Waals surface area contributed by atoms with Crippen LogP contribution >= 0.6 is 0 Å². The van der Waals surface area contributed by atoms with E-state index in [-0.39, 0.29) is 23.4 Å². The van der Waals surface area contributed by atoms with Crippen LogP contribution in [0, 0.1) is 5.82 Å². The van der Waals surface area contributed by atoms with Crippen molar-refractivity contribution in [2.24, 2.45) is 0 Å². The molecule has 7 heteroatoms. The molecule has 1 amide bonds. The van der Waals surface area contributed by atoms with E-state index in [1.54, 1.807) is 30.3 Å². The van der Waals surface area contributed by atoms with Crippen LogP contribution in [-0.4, -0.2) is 48.6 Å². The molecule has 1 unspecified atom stereocenters. The highest BCUT2D eigenvalue weighted by Gasteiger charge is 2.46. The summed E-state index contributed by atoms with van der Waals surface area (Å²) >= 11 is 0. The predicted octanol–water partition coefficient (Wildman–Crippen LogP) is 4.07. The highest BCUT2D eigenvalue weighted by molar-refractivity contribution is 6.46. The number of carbonyl (C=O) groups is 2. The number of aliphatic hydroxyl groups excluding tert-OH is 1. The van der Waals surface area contributed by atoms with Crippen molar-refractivity contribution in [3.63, 3.8) is 0 Å². The zero-order chi connectivity index (χ0) is 22.4. The van der Waals surface area contributed by atoms with Crippen molar-refractivity contribution in [3.05, 3.63) is 71.0 Å². The molecule has 1 aliphatic rings. The first kappa shape index (κ1) is 22.5. The van der Waals surface area contributed by atoms with Gasteiger partial charge < -0.3 is 19.5 Å². The van der Waals surface area contributed by atoms with Crippen molar-refractivity contribution in [2.45, 2.75) is 25.8 Å². The van der Waals surface area contributed by atoms with Crippen LogP contribution in [0.5, 0.6) is 5.75 Å². The summed E-state index contributed by atoms with van der Waals surface area (Å²) in [6.07, 6.45) is 1.33. The van der Waals surface area contributed by atoms with Crippen molar-refractivity contribution in [3.8, 4) is 5.75 Å². The molecule has 0 radical (unpaired) electrons. The Balaban J connectivity index is 2.05. The Morgan fingerprint density at radius 1 is 1.10 bits per heavy atom. The SMILES string of the molecule is CCCOc1ccc(/C(O)=C2/C(=O)C(=O)N(CCCOC)C2c2ccccc2F)cc1. The molecule has 2 aromatic carbocycles. The summed E-state index contributed by atoms with van der Waals surface area (Å²) < 4.78 is 25.3. The van der Waals surface area contributed by atoms with Gasteiger partial charge in [-0.05, 0) is 43.2 Å². The minimum Gasteiger partial charge on any atom is -0.507 e. The lowest BCUT2D eigenvalue weighted by Crippen LogP contribution is -2.31. The lowest BCUT2D eigenvalue weighted by Gasteiger charge is -2.25. The number of aliphatic hydroxyl groups is 1. The molecule has 1 N–H and O–H groups in total. The van der Waals surface area contributed by atoms with Crippen LogP contribution in [0.4, 0.5) is 4.39 Å². The van der Waals surface area contributed by atoms with Gasteiger partial charge in [0.05, 0.1) is 18.2 Å². The summed E-state index contributed by atoms with van der Waals surface area (Å²) in [4.78, 5) is 26.9. The smallest absolute Gasteiger partial charge is 0.295 e. The number of ketones is 1. The number of nitrogens with zero attached hydrogens (tertiary/aromatic N) is 1. The van der Waals surface area contributed by atoms with Gasteiger partial charge in [-0.2, -0.15) is 0 Å². The van der Waals surface area contributed by atoms with E-state index in [2.05, 4.69) is 0 Å². The monoisotopic (exact) mass is 427 g/mol. The Labute approximate surface area is 180 Å². The predicted molar refractivity (Wildman–Crippen MR) is 114 cm³/mol. The van der Waals surface area contributed by atoms with Crippen LogP contribution in [0.2, 0.25) is 0 Å². The van der Waals surface area contributed by atoms with Crippen LogP contribution in [0.15, 0.2) is 54.1 Å². The molecule has 1 fully saturated rings. The fraction of sp³-hybridized carbons (Fsp3) is 0.333. The summed E-state index contributed by atoms with van der Waals surface area (Å²) in [5, 5.41) is 11.0. The quantitative estimate of drug-likeness (QED) is 0.283. The van der Waals surface area contributed by atoms with Gasteiger partial charge in [0, 0.05) is 31.4 Å². The Morgan fingerprint density at radius 2 is 1.81 bits per heavy atom. The number of hydrogen-bond donors (Lipinski definition) is 1. The zero-order valence-corrected chi connectivity index (χ0v) is 17.6. The van der Waals surface area contributed by atoms with Crippen molar-refractivity contribution in [1.29, 1.82) is 0 Å². The molecule has 1 saturated heterocycles. The second kappa shape index (κ2) is 10.2. The summed E-state index contributed by atoms with van der Waals surface area (Å²) in [5.74, 6) is -1.88. The summed E-state index contributed by atoms with van der Waals surface area (Å²) in [6.45, 7) is 3.13. The maximum atomic E-state index is 14.7. The lowest BCUT2D eigenvalue weighted by atomic mass is 9.95. The molecule has 164 valence electrons. The molecule has 0 aromatic heterocycles. The average molecular weight is 427 g/mol. The van der Waals surface area contributed by atoms with Crippen molar-refractivity contribution in [1.82, 2.24) is 4.90 Å². The minimum atomic E-state index is -1.02. The third-order valence-electron chi connectivity index (χ3n) is 5.09. The maximum Gasteiger partial charge on any atom is 0.295 e. The Morgan fingerprint density at radius 3 is 2.45 bits per heavy atom. The van der Waals surface area contributed by atoms with E-state index in [4.69, 9.17) is 9.47 Å². The summed E-state index contributed by atoms with van der Waals surface area (Å²) in [6, 6.07) is 11.5. The Bertz CT molecular complexity index is 970. The van der Waals surface area contributed by atoms with Crippen molar-refractivity contribution in [2.75, 3.05) is 26.9 Å². The number of carbonyl (C=O) groups excluding carboxylic acids is 2. The summed E-state index contributed by atoms with van der Waals surface area (Å²) in [7, 11) is 1.54. The molecule has 1 aliphatic heterocycles. The number of amides is 1. The summed E-state index contributed by atoms with van der Waals surface area (Å²) in [5.41, 5.74) is 0.374. The molecule has 0 spiro atoms. The number of methoxy groups -OCH3 is 1. The number of likely N-dealkylation sites (tertiary alicyclic amines) is 1. The van der Waals surface area contributed by atoms with Crippen LogP contribution in [-0.2, 0) is 14.3 Å². The third-order valence-corrected chi connectivity index (χ3v) is 5.09. The molecular weight excluding hydrogens is 401 g/mol. The van der Waals surface area contributed by atoms with Crippen LogP contribution in [0.25, 0.3) is 5.76 Å². The fourth-order valence-corrected chi connectivity index (χ4v) is 3.59. The second-order valence-corrected chi connectivity index (χ2v) is 7.23. The van der Waals surface area contributed by atoms with E-state index in [1.165, 1.54) is 30.2 Å². The van der Waals surface area contributed by atoms with E-state index in [0.29, 0.717) is 30.9 Å². The van der Waals surface area contributed by atoms with Crippen LogP contribution < -0.4 is 4.74 Å². The fourth-order valence-electron chi connectivity index (χ4n) is 3.59. The van der Waals surface area contributed by atoms with E-state index in [9.17, 15) is 19.1 Å².